The molecule has 0 aliphatic carbocycles. The van der Waals surface area contributed by atoms with Crippen molar-refractivity contribution >= 4 is 11.9 Å². The van der Waals surface area contributed by atoms with Crippen molar-refractivity contribution in [3.63, 3.8) is 0 Å². The monoisotopic (exact) mass is 558 g/mol. The van der Waals surface area contributed by atoms with Gasteiger partial charge in [-0.1, -0.05) is 24.3 Å². The van der Waals surface area contributed by atoms with E-state index in [9.17, 15) is 19.8 Å². The summed E-state index contributed by atoms with van der Waals surface area (Å²) >= 11 is 0. The van der Waals surface area contributed by atoms with Crippen LogP contribution in [0, 0.1) is 0 Å². The Kier molecular flexibility index (Phi) is 9.80. The summed E-state index contributed by atoms with van der Waals surface area (Å²) in [7, 11) is 0. The molecule has 0 heterocycles. The SMILES string of the molecule is CC(COCC(C)Oc1ccc(C(=O)Oc2ccccc2O)cc1)Oc1ccc(C(=O)Oc2ccccc2O)cc1. The summed E-state index contributed by atoms with van der Waals surface area (Å²) in [5.74, 6) is -0.118. The van der Waals surface area contributed by atoms with Gasteiger partial charge < -0.3 is 33.9 Å². The van der Waals surface area contributed by atoms with Gasteiger partial charge in [0.15, 0.2) is 23.0 Å². The Labute approximate surface area is 237 Å². The van der Waals surface area contributed by atoms with Gasteiger partial charge in [-0.15, -0.1) is 0 Å². The number of phenols is 2. The van der Waals surface area contributed by atoms with Gasteiger partial charge in [-0.2, -0.15) is 0 Å². The first-order chi connectivity index (χ1) is 19.8. The third-order valence-electron chi connectivity index (χ3n) is 5.70. The molecule has 41 heavy (non-hydrogen) atoms. The zero-order chi connectivity index (χ0) is 29.2. The largest absolute Gasteiger partial charge is 0.504 e. The van der Waals surface area contributed by atoms with Crippen molar-refractivity contribution in [1.29, 1.82) is 0 Å². The lowest BCUT2D eigenvalue weighted by atomic mass is 10.2. The smallest absolute Gasteiger partial charge is 0.343 e. The molecule has 4 aromatic carbocycles. The van der Waals surface area contributed by atoms with Crippen molar-refractivity contribution in [3.05, 3.63) is 108 Å². The first-order valence-corrected chi connectivity index (χ1v) is 12.9. The van der Waals surface area contributed by atoms with Crippen molar-refractivity contribution in [2.45, 2.75) is 26.1 Å². The van der Waals surface area contributed by atoms with Crippen molar-refractivity contribution in [2.75, 3.05) is 13.2 Å². The van der Waals surface area contributed by atoms with Crippen LogP contribution >= 0.6 is 0 Å². The van der Waals surface area contributed by atoms with Crippen molar-refractivity contribution < 1.29 is 43.5 Å². The maximum Gasteiger partial charge on any atom is 0.343 e. The Morgan fingerprint density at radius 3 is 1.32 bits per heavy atom. The Morgan fingerprint density at radius 2 is 0.951 bits per heavy atom. The average Bonchev–Trinajstić information content (AvgIpc) is 2.96. The minimum Gasteiger partial charge on any atom is -0.504 e. The van der Waals surface area contributed by atoms with Crippen molar-refractivity contribution in [3.8, 4) is 34.5 Å². The second kappa shape index (κ2) is 13.9. The fourth-order valence-corrected chi connectivity index (χ4v) is 3.68. The summed E-state index contributed by atoms with van der Waals surface area (Å²) in [5.41, 5.74) is 0.631. The summed E-state index contributed by atoms with van der Waals surface area (Å²) in [5, 5.41) is 19.5. The van der Waals surface area contributed by atoms with Gasteiger partial charge in [-0.05, 0) is 86.6 Å². The topological polar surface area (TPSA) is 121 Å². The second-order valence-electron chi connectivity index (χ2n) is 9.16. The van der Waals surface area contributed by atoms with Crippen LogP contribution in [-0.2, 0) is 4.74 Å². The fraction of sp³-hybridized carbons (Fsp3) is 0.188. The van der Waals surface area contributed by atoms with Gasteiger partial charge in [-0.3, -0.25) is 0 Å². The molecule has 212 valence electrons. The summed E-state index contributed by atoms with van der Waals surface area (Å²) in [6, 6.07) is 25.4. The normalized spacial score (nSPS) is 12.1. The average molecular weight is 559 g/mol. The summed E-state index contributed by atoms with van der Waals surface area (Å²) in [6.07, 6.45) is -0.536. The van der Waals surface area contributed by atoms with Crippen molar-refractivity contribution in [1.82, 2.24) is 0 Å². The van der Waals surface area contributed by atoms with E-state index in [0.29, 0.717) is 35.8 Å². The van der Waals surface area contributed by atoms with Crippen LogP contribution < -0.4 is 18.9 Å². The number of esters is 2. The fourth-order valence-electron chi connectivity index (χ4n) is 3.68. The number of carbonyl (C=O) groups excluding carboxylic acids is 2. The molecule has 4 rings (SSSR count). The molecule has 0 saturated heterocycles. The number of carbonyl (C=O) groups is 2. The van der Waals surface area contributed by atoms with Gasteiger partial charge in [-0.25, -0.2) is 9.59 Å². The van der Waals surface area contributed by atoms with E-state index in [2.05, 4.69) is 0 Å². The minimum atomic E-state index is -0.592. The van der Waals surface area contributed by atoms with Gasteiger partial charge in [0.1, 0.15) is 23.7 Å². The predicted molar refractivity (Wildman–Crippen MR) is 150 cm³/mol. The molecule has 0 aliphatic heterocycles. The van der Waals surface area contributed by atoms with Crippen LogP contribution in [0.25, 0.3) is 0 Å². The Hall–Kier alpha value is -5.02. The van der Waals surface area contributed by atoms with Gasteiger partial charge in [0.2, 0.25) is 0 Å². The molecule has 0 aliphatic rings. The lowest BCUT2D eigenvalue weighted by molar-refractivity contribution is 0.0188. The molecule has 0 radical (unpaired) electrons. The van der Waals surface area contributed by atoms with Gasteiger partial charge >= 0.3 is 11.9 Å². The first kappa shape index (κ1) is 29.0. The maximum atomic E-state index is 12.3. The number of phenolic OH excluding ortho intramolecular Hbond substituents is 2. The van der Waals surface area contributed by atoms with Crippen molar-refractivity contribution in [2.24, 2.45) is 0 Å². The number of para-hydroxylation sites is 4. The molecule has 0 bridgehead atoms. The number of benzene rings is 4. The van der Waals surface area contributed by atoms with Crippen LogP contribution in [0.5, 0.6) is 34.5 Å². The van der Waals surface area contributed by atoms with Gasteiger partial charge in [0.25, 0.3) is 0 Å². The van der Waals surface area contributed by atoms with Crippen LogP contribution in [0.15, 0.2) is 97.1 Å². The van der Waals surface area contributed by atoms with Crippen LogP contribution in [0.3, 0.4) is 0 Å². The van der Waals surface area contributed by atoms with Crippen LogP contribution in [0.1, 0.15) is 34.6 Å². The Balaban J connectivity index is 1.17. The number of aromatic hydroxyl groups is 2. The van der Waals surface area contributed by atoms with E-state index in [-0.39, 0.29) is 35.2 Å². The molecular formula is C32H30O9. The highest BCUT2D eigenvalue weighted by Crippen LogP contribution is 2.27. The number of ether oxygens (including phenoxy) is 5. The summed E-state index contributed by atoms with van der Waals surface area (Å²) in [6.45, 7) is 4.33. The third kappa shape index (κ3) is 8.48. The van der Waals surface area contributed by atoms with E-state index in [0.717, 1.165) is 0 Å². The second-order valence-corrected chi connectivity index (χ2v) is 9.16. The molecular weight excluding hydrogens is 528 g/mol. The molecule has 9 nitrogen and oxygen atoms in total. The number of hydrogen-bond acceptors (Lipinski definition) is 9. The Morgan fingerprint density at radius 1 is 0.585 bits per heavy atom. The molecule has 9 heteroatoms. The van der Waals surface area contributed by atoms with Crippen LogP contribution in [0.4, 0.5) is 0 Å². The highest BCUT2D eigenvalue weighted by Gasteiger charge is 2.14. The lowest BCUT2D eigenvalue weighted by Crippen LogP contribution is -2.25. The first-order valence-electron chi connectivity index (χ1n) is 12.9. The molecule has 2 atom stereocenters. The van der Waals surface area contributed by atoms with Crippen LogP contribution in [-0.4, -0.2) is 47.6 Å². The predicted octanol–water partition coefficient (Wildman–Crippen LogP) is 5.79. The van der Waals surface area contributed by atoms with Gasteiger partial charge in [0, 0.05) is 0 Å². The Bertz CT molecular complexity index is 1340. The molecule has 4 aromatic rings. The highest BCUT2D eigenvalue weighted by molar-refractivity contribution is 5.92. The third-order valence-corrected chi connectivity index (χ3v) is 5.70. The van der Waals surface area contributed by atoms with Gasteiger partial charge in [0.05, 0.1) is 24.3 Å². The molecule has 0 amide bonds. The van der Waals surface area contributed by atoms with E-state index in [4.69, 9.17) is 23.7 Å². The van der Waals surface area contributed by atoms with E-state index >= 15 is 0 Å². The zero-order valence-corrected chi connectivity index (χ0v) is 22.6. The molecule has 0 aromatic heterocycles. The number of rotatable bonds is 12. The van der Waals surface area contributed by atoms with E-state index in [1.54, 1.807) is 72.8 Å². The lowest BCUT2D eigenvalue weighted by Gasteiger charge is -2.18. The van der Waals surface area contributed by atoms with E-state index in [1.165, 1.54) is 24.3 Å². The quantitative estimate of drug-likeness (QED) is 0.164. The minimum absolute atomic E-state index is 0.0873. The molecule has 0 fully saturated rings. The van der Waals surface area contributed by atoms with E-state index in [1.807, 2.05) is 13.8 Å². The molecule has 2 unspecified atom stereocenters. The number of hydrogen-bond donors (Lipinski definition) is 2. The van der Waals surface area contributed by atoms with Crippen LogP contribution in [0.2, 0.25) is 0 Å². The molecule has 2 N–H and O–H groups in total. The summed E-state index contributed by atoms with van der Waals surface area (Å²) in [4.78, 5) is 24.7. The zero-order valence-electron chi connectivity index (χ0n) is 22.6. The summed E-state index contributed by atoms with van der Waals surface area (Å²) < 4.78 is 27.9. The highest BCUT2D eigenvalue weighted by atomic mass is 16.6. The molecule has 0 spiro atoms. The van der Waals surface area contributed by atoms with E-state index < -0.39 is 11.9 Å². The standard InChI is InChI=1S/C32H30O9/c1-21(38-25-15-11-23(12-16-25)31(35)40-29-9-5-3-7-27(29)33)19-37-20-22(2)39-26-17-13-24(14-18-26)32(36)41-30-10-6-4-8-28(30)34/h3-18,21-22,33-34H,19-20H2,1-2H3. The molecule has 0 saturated carbocycles. The maximum absolute atomic E-state index is 12.3.